The van der Waals surface area contributed by atoms with Crippen molar-refractivity contribution in [2.24, 2.45) is 0 Å². The molecule has 4 rings (SSSR count). The van der Waals surface area contributed by atoms with Crippen LogP contribution in [0.5, 0.6) is 0 Å². The third-order valence-corrected chi connectivity index (χ3v) is 5.84. The predicted octanol–water partition coefficient (Wildman–Crippen LogP) is 3.02. The average Bonchev–Trinajstić information content (AvgIpc) is 2.80. The van der Waals surface area contributed by atoms with Gasteiger partial charge in [0, 0.05) is 30.4 Å². The third kappa shape index (κ3) is 4.91. The lowest BCUT2D eigenvalue weighted by molar-refractivity contribution is -0.127. The first kappa shape index (κ1) is 21.0. The monoisotopic (exact) mass is 416 g/mol. The third-order valence-electron chi connectivity index (χ3n) is 5.84. The molecule has 0 saturated carbocycles. The van der Waals surface area contributed by atoms with E-state index in [9.17, 15) is 9.59 Å². The normalized spacial score (nSPS) is 16.6. The second-order valence-corrected chi connectivity index (χ2v) is 7.99. The minimum atomic E-state index is -0.276. The molecule has 1 fully saturated rings. The number of nitrogens with one attached hydrogen (secondary N) is 1. The van der Waals surface area contributed by atoms with Crippen LogP contribution in [0, 0.1) is 0 Å². The van der Waals surface area contributed by atoms with Crippen LogP contribution in [-0.2, 0) is 16.0 Å². The van der Waals surface area contributed by atoms with Crippen LogP contribution in [0.15, 0.2) is 66.9 Å². The maximum absolute atomic E-state index is 13.0. The fourth-order valence-electron chi connectivity index (χ4n) is 4.23. The molecule has 0 bridgehead atoms. The number of anilines is 1. The summed E-state index contributed by atoms with van der Waals surface area (Å²) < 4.78 is 0. The number of nitrogens with zero attached hydrogens (tertiary/aromatic N) is 3. The molecule has 1 aliphatic heterocycles. The van der Waals surface area contributed by atoms with Crippen molar-refractivity contribution in [2.75, 3.05) is 31.6 Å². The van der Waals surface area contributed by atoms with E-state index >= 15 is 0 Å². The van der Waals surface area contributed by atoms with Gasteiger partial charge in [-0.1, -0.05) is 42.5 Å². The zero-order chi connectivity index (χ0) is 21.6. The Balaban J connectivity index is 1.30. The number of carbonyl (C=O) groups excluding carboxylic acids is 2. The molecule has 1 N–H and O–H groups in total. The first-order chi connectivity index (χ1) is 15.1. The summed E-state index contributed by atoms with van der Waals surface area (Å²) in [6.07, 6.45) is 4.20. The number of amides is 2. The Morgan fingerprint density at radius 1 is 1.13 bits per heavy atom. The molecule has 6 heteroatoms. The Morgan fingerprint density at radius 2 is 1.94 bits per heavy atom. The molecule has 0 radical (unpaired) electrons. The highest BCUT2D eigenvalue weighted by molar-refractivity contribution is 5.98. The van der Waals surface area contributed by atoms with E-state index < -0.39 is 0 Å². The number of piperidine rings is 1. The van der Waals surface area contributed by atoms with Crippen molar-refractivity contribution in [3.63, 3.8) is 0 Å². The molecule has 2 heterocycles. The highest BCUT2D eigenvalue weighted by atomic mass is 16.2. The lowest BCUT2D eigenvalue weighted by atomic mass is 10.0. The summed E-state index contributed by atoms with van der Waals surface area (Å²) in [6, 6.07) is 19.5. The number of hydrogen-bond acceptors (Lipinski definition) is 4. The van der Waals surface area contributed by atoms with E-state index in [-0.39, 0.29) is 24.4 Å². The Labute approximate surface area is 182 Å². The molecule has 2 aromatic carbocycles. The first-order valence-electron chi connectivity index (χ1n) is 10.8. The standard InChI is InChI=1S/C25H28N4O2/c1-28(22-13-7-17-29(25(22)31)21-11-3-2-4-12-21)18-23(30)26-16-14-20-9-5-8-19-10-6-15-27-24(19)20/h2-6,8-12,15,22H,7,13-14,16-18H2,1H3,(H,26,30). The van der Waals surface area contributed by atoms with Crippen molar-refractivity contribution in [1.82, 2.24) is 15.2 Å². The van der Waals surface area contributed by atoms with E-state index in [1.165, 1.54) is 0 Å². The van der Waals surface area contributed by atoms with Crippen molar-refractivity contribution < 1.29 is 9.59 Å². The van der Waals surface area contributed by atoms with Gasteiger partial charge >= 0.3 is 0 Å². The predicted molar refractivity (Wildman–Crippen MR) is 123 cm³/mol. The quantitative estimate of drug-likeness (QED) is 0.643. The number of hydrogen-bond donors (Lipinski definition) is 1. The summed E-state index contributed by atoms with van der Waals surface area (Å²) in [7, 11) is 1.85. The van der Waals surface area contributed by atoms with Gasteiger partial charge in [0.2, 0.25) is 11.8 Å². The van der Waals surface area contributed by atoms with Crippen LogP contribution in [0.3, 0.4) is 0 Å². The average molecular weight is 417 g/mol. The number of fused-ring (bicyclic) bond motifs is 1. The lowest BCUT2D eigenvalue weighted by Gasteiger charge is -2.36. The van der Waals surface area contributed by atoms with Crippen LogP contribution in [0.4, 0.5) is 5.69 Å². The number of aromatic nitrogens is 1. The zero-order valence-electron chi connectivity index (χ0n) is 17.8. The Hall–Kier alpha value is -3.25. The van der Waals surface area contributed by atoms with E-state index in [1.54, 1.807) is 6.20 Å². The van der Waals surface area contributed by atoms with Gasteiger partial charge in [0.15, 0.2) is 0 Å². The number of benzene rings is 2. The van der Waals surface area contributed by atoms with E-state index in [1.807, 2.05) is 77.5 Å². The fourth-order valence-corrected chi connectivity index (χ4v) is 4.23. The molecule has 0 aliphatic carbocycles. The van der Waals surface area contributed by atoms with Crippen LogP contribution in [-0.4, -0.2) is 54.4 Å². The van der Waals surface area contributed by atoms with Gasteiger partial charge in [-0.15, -0.1) is 0 Å². The van der Waals surface area contributed by atoms with Gasteiger partial charge in [-0.3, -0.25) is 19.5 Å². The summed E-state index contributed by atoms with van der Waals surface area (Å²) in [5.74, 6) is -0.00471. The number of pyridine rings is 1. The number of para-hydroxylation sites is 2. The van der Waals surface area contributed by atoms with E-state index in [2.05, 4.69) is 10.3 Å². The van der Waals surface area contributed by atoms with Crippen LogP contribution in [0.25, 0.3) is 10.9 Å². The minimum absolute atomic E-state index is 0.0644. The Bertz CT molecular complexity index is 1050. The van der Waals surface area contributed by atoms with Crippen LogP contribution < -0.4 is 10.2 Å². The summed E-state index contributed by atoms with van der Waals surface area (Å²) in [5.41, 5.74) is 3.01. The van der Waals surface area contributed by atoms with Gasteiger partial charge in [-0.2, -0.15) is 0 Å². The summed E-state index contributed by atoms with van der Waals surface area (Å²) in [5, 5.41) is 4.09. The zero-order valence-corrected chi connectivity index (χ0v) is 17.8. The second kappa shape index (κ2) is 9.71. The largest absolute Gasteiger partial charge is 0.355 e. The second-order valence-electron chi connectivity index (χ2n) is 7.99. The molecule has 0 spiro atoms. The Kier molecular flexibility index (Phi) is 6.57. The minimum Gasteiger partial charge on any atom is -0.355 e. The smallest absolute Gasteiger partial charge is 0.244 e. The molecule has 1 unspecified atom stereocenters. The number of likely N-dealkylation sites (N-methyl/N-ethyl adjacent to an activating group) is 1. The van der Waals surface area contributed by atoms with Crippen molar-refractivity contribution in [1.29, 1.82) is 0 Å². The van der Waals surface area contributed by atoms with Crippen molar-refractivity contribution in [3.8, 4) is 0 Å². The molecule has 1 aromatic heterocycles. The molecular weight excluding hydrogens is 388 g/mol. The van der Waals surface area contributed by atoms with E-state index in [0.717, 1.165) is 41.5 Å². The summed E-state index contributed by atoms with van der Waals surface area (Å²) >= 11 is 0. The van der Waals surface area contributed by atoms with Gasteiger partial charge in [-0.05, 0) is 50.1 Å². The maximum atomic E-state index is 13.0. The lowest BCUT2D eigenvalue weighted by Crippen LogP contribution is -2.53. The highest BCUT2D eigenvalue weighted by Crippen LogP contribution is 2.23. The van der Waals surface area contributed by atoms with Crippen molar-refractivity contribution in [2.45, 2.75) is 25.3 Å². The van der Waals surface area contributed by atoms with E-state index in [0.29, 0.717) is 13.0 Å². The molecule has 160 valence electrons. The van der Waals surface area contributed by atoms with Gasteiger partial charge in [0.05, 0.1) is 18.1 Å². The number of rotatable bonds is 7. The fraction of sp³-hybridized carbons (Fsp3) is 0.320. The van der Waals surface area contributed by atoms with Crippen LogP contribution in [0.1, 0.15) is 18.4 Å². The molecule has 6 nitrogen and oxygen atoms in total. The van der Waals surface area contributed by atoms with E-state index in [4.69, 9.17) is 0 Å². The van der Waals surface area contributed by atoms with Crippen molar-refractivity contribution >= 4 is 28.4 Å². The van der Waals surface area contributed by atoms with Crippen LogP contribution >= 0.6 is 0 Å². The molecule has 1 atom stereocenters. The Morgan fingerprint density at radius 3 is 2.77 bits per heavy atom. The topological polar surface area (TPSA) is 65.5 Å². The SMILES string of the molecule is CN(CC(=O)NCCc1cccc2cccnc12)C1CCCN(c2ccccc2)C1=O. The van der Waals surface area contributed by atoms with Crippen LogP contribution in [0.2, 0.25) is 0 Å². The van der Waals surface area contributed by atoms with Gasteiger partial charge in [-0.25, -0.2) is 0 Å². The molecule has 31 heavy (non-hydrogen) atoms. The molecule has 1 saturated heterocycles. The van der Waals surface area contributed by atoms with Gasteiger partial charge in [0.1, 0.15) is 0 Å². The van der Waals surface area contributed by atoms with Crippen molar-refractivity contribution in [3.05, 3.63) is 72.4 Å². The highest BCUT2D eigenvalue weighted by Gasteiger charge is 2.32. The summed E-state index contributed by atoms with van der Waals surface area (Å²) in [6.45, 7) is 1.46. The number of carbonyl (C=O) groups is 2. The van der Waals surface area contributed by atoms with Gasteiger partial charge < -0.3 is 10.2 Å². The molecule has 2 amide bonds. The summed E-state index contributed by atoms with van der Waals surface area (Å²) in [4.78, 5) is 33.7. The van der Waals surface area contributed by atoms with Gasteiger partial charge in [0.25, 0.3) is 0 Å². The molecular formula is C25H28N4O2. The maximum Gasteiger partial charge on any atom is 0.244 e. The molecule has 3 aromatic rings. The first-order valence-corrected chi connectivity index (χ1v) is 10.8. The molecule has 1 aliphatic rings.